The molecule has 0 saturated heterocycles. The van der Waals surface area contributed by atoms with Crippen molar-refractivity contribution in [1.82, 2.24) is 9.13 Å². The predicted molar refractivity (Wildman–Crippen MR) is 241 cm³/mol. The van der Waals surface area contributed by atoms with Crippen molar-refractivity contribution < 1.29 is 4.42 Å². The molecule has 0 unspecified atom stereocenters. The maximum atomic E-state index is 6.16. The lowest BCUT2D eigenvalue weighted by Crippen LogP contribution is -2.33. The van der Waals surface area contributed by atoms with Crippen molar-refractivity contribution in [3.63, 3.8) is 0 Å². The van der Waals surface area contributed by atoms with Crippen LogP contribution in [0.15, 0.2) is 162 Å². The lowest BCUT2D eigenvalue weighted by atomic mass is 9.63. The van der Waals surface area contributed by atoms with Crippen molar-refractivity contribution in [2.45, 2.75) is 51.4 Å². The summed E-state index contributed by atoms with van der Waals surface area (Å²) < 4.78 is 11.2. The van der Waals surface area contributed by atoms with Gasteiger partial charge < -0.3 is 13.6 Å². The van der Waals surface area contributed by atoms with E-state index < -0.39 is 0 Å². The number of hydrogen-bond donors (Lipinski definition) is 0. The van der Waals surface area contributed by atoms with Gasteiger partial charge >= 0.3 is 0 Å². The Morgan fingerprint density at radius 1 is 0.404 bits per heavy atom. The normalized spacial score (nSPS) is 15.2. The molecule has 3 aromatic heterocycles. The Morgan fingerprint density at radius 2 is 1.00 bits per heavy atom. The van der Waals surface area contributed by atoms with E-state index in [0.29, 0.717) is 0 Å². The van der Waals surface area contributed by atoms with E-state index in [2.05, 4.69) is 182 Å². The Kier molecular flexibility index (Phi) is 6.58. The van der Waals surface area contributed by atoms with Crippen LogP contribution in [-0.2, 0) is 10.8 Å². The Hall–Kier alpha value is -6.58. The van der Waals surface area contributed by atoms with Crippen molar-refractivity contribution in [1.29, 1.82) is 0 Å². The first-order valence-corrected chi connectivity index (χ1v) is 20.3. The van der Waals surface area contributed by atoms with Gasteiger partial charge in [0.25, 0.3) is 0 Å². The summed E-state index contributed by atoms with van der Waals surface area (Å²) in [6.45, 7) is 9.74. The maximum absolute atomic E-state index is 6.16. The zero-order valence-corrected chi connectivity index (χ0v) is 32.7. The van der Waals surface area contributed by atoms with Crippen LogP contribution in [0.4, 0.5) is 0 Å². The van der Waals surface area contributed by atoms with Gasteiger partial charge in [0.2, 0.25) is 0 Å². The third-order valence-corrected chi connectivity index (χ3v) is 13.4. The average Bonchev–Trinajstić information content (AvgIpc) is 3.88. The molecule has 1 aliphatic rings. The monoisotopic (exact) mass is 734 g/mol. The largest absolute Gasteiger partial charge is 0.456 e. The number of aromatic nitrogens is 2. The smallest absolute Gasteiger partial charge is 0.135 e. The van der Waals surface area contributed by atoms with Crippen LogP contribution >= 0.6 is 0 Å². The Morgan fingerprint density at radius 3 is 1.81 bits per heavy atom. The van der Waals surface area contributed by atoms with E-state index in [1.165, 1.54) is 95.2 Å². The number of rotatable bonds is 3. The highest BCUT2D eigenvalue weighted by molar-refractivity contribution is 6.25. The summed E-state index contributed by atoms with van der Waals surface area (Å²) in [5.74, 6) is 0. The first-order chi connectivity index (χ1) is 27.7. The predicted octanol–water partition coefficient (Wildman–Crippen LogP) is 14.9. The molecule has 0 radical (unpaired) electrons. The first-order valence-electron chi connectivity index (χ1n) is 20.3. The van der Waals surface area contributed by atoms with Crippen LogP contribution < -0.4 is 0 Å². The Balaban J connectivity index is 1.16. The average molecular weight is 735 g/mol. The maximum Gasteiger partial charge on any atom is 0.135 e. The summed E-state index contributed by atoms with van der Waals surface area (Å²) in [6, 6.07) is 58.4. The highest BCUT2D eigenvalue weighted by Gasteiger charge is 2.38. The molecule has 0 saturated carbocycles. The van der Waals surface area contributed by atoms with Gasteiger partial charge in [-0.05, 0) is 129 Å². The number of fused-ring (bicyclic) bond motifs is 12. The zero-order chi connectivity index (χ0) is 38.2. The minimum atomic E-state index is 0.0871. The number of furan rings is 1. The van der Waals surface area contributed by atoms with Gasteiger partial charge in [0.05, 0.1) is 22.1 Å². The van der Waals surface area contributed by atoms with Crippen molar-refractivity contribution in [3.05, 3.63) is 169 Å². The molecular weight excluding hydrogens is 693 g/mol. The number of para-hydroxylation sites is 2. The third kappa shape index (κ3) is 4.66. The van der Waals surface area contributed by atoms with Crippen molar-refractivity contribution in [3.8, 4) is 22.5 Å². The fourth-order valence-electron chi connectivity index (χ4n) is 10.2. The highest BCUT2D eigenvalue weighted by Crippen LogP contribution is 2.49. The molecular formula is C54H42N2O. The minimum Gasteiger partial charge on any atom is -0.456 e. The molecule has 0 atom stereocenters. The van der Waals surface area contributed by atoms with Crippen molar-refractivity contribution in [2.75, 3.05) is 0 Å². The molecule has 57 heavy (non-hydrogen) atoms. The molecule has 1 aliphatic carbocycles. The van der Waals surface area contributed by atoms with E-state index in [0.717, 1.165) is 27.6 Å². The summed E-state index contributed by atoms with van der Waals surface area (Å²) in [4.78, 5) is 0. The van der Waals surface area contributed by atoms with Crippen LogP contribution in [0.25, 0.3) is 98.8 Å². The van der Waals surface area contributed by atoms with Gasteiger partial charge in [-0.15, -0.1) is 0 Å². The number of nitrogens with zero attached hydrogens (tertiary/aromatic N) is 2. The molecule has 0 N–H and O–H groups in total. The Bertz CT molecular complexity index is 3440. The summed E-state index contributed by atoms with van der Waals surface area (Å²) in [5.41, 5.74) is 14.6. The molecule has 0 amide bonds. The number of hydrogen-bond acceptors (Lipinski definition) is 1. The molecule has 0 aliphatic heterocycles. The van der Waals surface area contributed by atoms with Gasteiger partial charge in [-0.2, -0.15) is 0 Å². The van der Waals surface area contributed by atoms with E-state index in [1.54, 1.807) is 0 Å². The number of benzene rings is 8. The summed E-state index contributed by atoms with van der Waals surface area (Å²) >= 11 is 0. The lowest BCUT2D eigenvalue weighted by molar-refractivity contribution is 0.332. The molecule has 8 aromatic carbocycles. The van der Waals surface area contributed by atoms with Crippen LogP contribution in [0.2, 0.25) is 0 Å². The second kappa shape index (κ2) is 11.5. The fraction of sp³-hybridized carbons (Fsp3) is 0.148. The van der Waals surface area contributed by atoms with Gasteiger partial charge in [-0.1, -0.05) is 113 Å². The van der Waals surface area contributed by atoms with E-state index in [4.69, 9.17) is 4.42 Å². The van der Waals surface area contributed by atoms with Crippen LogP contribution in [0, 0.1) is 0 Å². The zero-order valence-electron chi connectivity index (χ0n) is 32.7. The second-order valence-corrected chi connectivity index (χ2v) is 17.6. The molecule has 0 fully saturated rings. The Labute approximate surface area is 331 Å². The third-order valence-electron chi connectivity index (χ3n) is 13.4. The van der Waals surface area contributed by atoms with Crippen LogP contribution in [0.3, 0.4) is 0 Å². The molecule has 12 rings (SSSR count). The van der Waals surface area contributed by atoms with E-state index >= 15 is 0 Å². The summed E-state index contributed by atoms with van der Waals surface area (Å²) in [6.07, 6.45) is 2.35. The molecule has 11 aromatic rings. The van der Waals surface area contributed by atoms with E-state index in [9.17, 15) is 0 Å². The van der Waals surface area contributed by atoms with Gasteiger partial charge in [0.15, 0.2) is 0 Å². The second-order valence-electron chi connectivity index (χ2n) is 17.6. The van der Waals surface area contributed by atoms with Gasteiger partial charge in [0, 0.05) is 43.7 Å². The molecule has 0 spiro atoms. The van der Waals surface area contributed by atoms with Crippen molar-refractivity contribution >= 4 is 76.3 Å². The molecule has 3 nitrogen and oxygen atoms in total. The molecule has 0 bridgehead atoms. The molecule has 3 heterocycles. The fourth-order valence-corrected chi connectivity index (χ4v) is 10.2. The topological polar surface area (TPSA) is 23.0 Å². The summed E-state index contributed by atoms with van der Waals surface area (Å²) in [5, 5.41) is 10.0. The van der Waals surface area contributed by atoms with Gasteiger partial charge in [0.1, 0.15) is 11.2 Å². The highest BCUT2D eigenvalue weighted by atomic mass is 16.3. The van der Waals surface area contributed by atoms with E-state index in [-0.39, 0.29) is 10.8 Å². The first kappa shape index (κ1) is 32.6. The standard InChI is InChI=1S/C54H42N2O/c1-53(2)26-27-54(3,4)45-31-47-41(30-44(45)53)40-29-43-49(55(36-13-6-5-7-14-36)46-24-20-34-12-8-9-15-38(34)52(43)46)32-48(40)56(47)37-22-18-33(19-23-37)35-21-25-51-42(28-35)39-16-10-11-17-50(39)57-51/h5-25,28-32H,26-27H2,1-4H3. The molecule has 274 valence electrons. The van der Waals surface area contributed by atoms with Crippen molar-refractivity contribution in [2.24, 2.45) is 0 Å². The SMILES string of the molecule is CC1(C)CCC(C)(C)c2cc3c(cc21)c1cc2c4c5ccccc5ccc4n(-c4ccccc4)c2cc1n3-c1ccc(-c2ccc3oc4ccccc4c3c2)cc1. The van der Waals surface area contributed by atoms with Gasteiger partial charge in [-0.25, -0.2) is 0 Å². The van der Waals surface area contributed by atoms with E-state index in [1.807, 2.05) is 12.1 Å². The van der Waals surface area contributed by atoms with Gasteiger partial charge in [-0.3, -0.25) is 0 Å². The van der Waals surface area contributed by atoms with Crippen LogP contribution in [0.5, 0.6) is 0 Å². The molecule has 3 heteroatoms. The quantitative estimate of drug-likeness (QED) is 0.177. The van der Waals surface area contributed by atoms with Crippen LogP contribution in [-0.4, -0.2) is 9.13 Å². The lowest BCUT2D eigenvalue weighted by Gasteiger charge is -2.42. The summed E-state index contributed by atoms with van der Waals surface area (Å²) in [7, 11) is 0. The van der Waals surface area contributed by atoms with Crippen LogP contribution in [0.1, 0.15) is 51.7 Å². The minimum absolute atomic E-state index is 0.0871.